The van der Waals surface area contributed by atoms with Crippen molar-refractivity contribution in [3.8, 4) is 0 Å². The van der Waals surface area contributed by atoms with Gasteiger partial charge >= 0.3 is 6.09 Å². The van der Waals surface area contributed by atoms with Gasteiger partial charge in [-0.2, -0.15) is 0 Å². The number of amides is 1. The highest BCUT2D eigenvalue weighted by molar-refractivity contribution is 5.67. The van der Waals surface area contributed by atoms with Gasteiger partial charge in [0.05, 0.1) is 0 Å². The molecule has 1 fully saturated rings. The lowest BCUT2D eigenvalue weighted by Crippen LogP contribution is -2.42. The zero-order chi connectivity index (χ0) is 15.5. The minimum absolute atomic E-state index is 0.332. The van der Waals surface area contributed by atoms with Crippen molar-refractivity contribution in [2.75, 3.05) is 13.1 Å². The summed E-state index contributed by atoms with van der Waals surface area (Å²) in [6, 6.07) is 4.85. The average Bonchev–Trinajstić information content (AvgIpc) is 3.05. The van der Waals surface area contributed by atoms with E-state index in [9.17, 15) is 4.79 Å². The molecule has 118 valence electrons. The summed E-state index contributed by atoms with van der Waals surface area (Å²) in [6.45, 7) is 9.55. The predicted octanol–water partition coefficient (Wildman–Crippen LogP) is 3.06. The second-order valence-electron chi connectivity index (χ2n) is 6.72. The maximum atomic E-state index is 11.8. The van der Waals surface area contributed by atoms with E-state index in [-0.39, 0.29) is 6.09 Å². The van der Waals surface area contributed by atoms with Crippen LogP contribution in [0.4, 0.5) is 4.79 Å². The number of H-pyrrole nitrogens is 1. The molecule has 5 nitrogen and oxygen atoms in total. The van der Waals surface area contributed by atoms with E-state index in [1.54, 1.807) is 0 Å². The van der Waals surface area contributed by atoms with E-state index in [2.05, 4.69) is 28.2 Å². The molecule has 1 aliphatic rings. The first-order chi connectivity index (χ1) is 9.87. The molecule has 21 heavy (non-hydrogen) atoms. The molecule has 0 aromatic carbocycles. The molecule has 1 aromatic heterocycles. The maximum Gasteiger partial charge on any atom is 0.407 e. The highest BCUT2D eigenvalue weighted by Crippen LogP contribution is 2.27. The first kappa shape index (κ1) is 15.9. The maximum absolute atomic E-state index is 11.8. The number of rotatable bonds is 4. The lowest BCUT2D eigenvalue weighted by Gasteiger charge is -2.30. The van der Waals surface area contributed by atoms with Crippen molar-refractivity contribution < 1.29 is 9.53 Å². The van der Waals surface area contributed by atoms with Gasteiger partial charge in [-0.3, -0.25) is 4.90 Å². The lowest BCUT2D eigenvalue weighted by atomic mass is 10.1. The number of nitrogens with zero attached hydrogens (tertiary/aromatic N) is 1. The fourth-order valence-electron chi connectivity index (χ4n) is 2.89. The Balaban J connectivity index is 1.86. The number of hydrogen-bond acceptors (Lipinski definition) is 3. The fourth-order valence-corrected chi connectivity index (χ4v) is 2.89. The predicted molar refractivity (Wildman–Crippen MR) is 83.2 cm³/mol. The van der Waals surface area contributed by atoms with Crippen molar-refractivity contribution in [3.05, 3.63) is 24.0 Å². The second-order valence-corrected chi connectivity index (χ2v) is 6.72. The third kappa shape index (κ3) is 4.49. The number of nitrogens with one attached hydrogen (secondary N) is 2. The SMILES string of the molecule is CC(c1ccc[nH]1)N1CCCC1CNC(=O)OC(C)(C)C. The van der Waals surface area contributed by atoms with Gasteiger partial charge in [0.25, 0.3) is 0 Å². The van der Waals surface area contributed by atoms with Crippen LogP contribution in [0.5, 0.6) is 0 Å². The molecule has 2 atom stereocenters. The first-order valence-corrected chi connectivity index (χ1v) is 7.73. The van der Waals surface area contributed by atoms with Crippen LogP contribution in [0.1, 0.15) is 52.3 Å². The van der Waals surface area contributed by atoms with E-state index in [1.165, 1.54) is 12.1 Å². The summed E-state index contributed by atoms with van der Waals surface area (Å²) in [7, 11) is 0. The Bertz CT molecular complexity index is 451. The number of hydrogen-bond donors (Lipinski definition) is 2. The Morgan fingerprint density at radius 1 is 1.57 bits per heavy atom. The number of carbonyl (C=O) groups is 1. The summed E-state index contributed by atoms with van der Waals surface area (Å²) < 4.78 is 5.29. The van der Waals surface area contributed by atoms with Gasteiger partial charge in [0, 0.05) is 30.5 Å². The highest BCUT2D eigenvalue weighted by Gasteiger charge is 2.30. The number of alkyl carbamates (subject to hydrolysis) is 1. The van der Waals surface area contributed by atoms with Crippen molar-refractivity contribution in [3.63, 3.8) is 0 Å². The van der Waals surface area contributed by atoms with Gasteiger partial charge in [-0.1, -0.05) is 0 Å². The Morgan fingerprint density at radius 3 is 2.95 bits per heavy atom. The van der Waals surface area contributed by atoms with E-state index < -0.39 is 5.60 Å². The van der Waals surface area contributed by atoms with Gasteiger partial charge in [0.15, 0.2) is 0 Å². The molecule has 2 heterocycles. The molecule has 5 heteroatoms. The molecular weight excluding hydrogens is 266 g/mol. The van der Waals surface area contributed by atoms with Gasteiger partial charge in [0.2, 0.25) is 0 Å². The topological polar surface area (TPSA) is 57.4 Å². The standard InChI is InChI=1S/C16H27N3O2/c1-12(14-8-5-9-17-14)19-10-6-7-13(19)11-18-15(20)21-16(2,3)4/h5,8-9,12-13,17H,6-7,10-11H2,1-4H3,(H,18,20). The van der Waals surface area contributed by atoms with Crippen molar-refractivity contribution in [1.29, 1.82) is 0 Å². The third-order valence-electron chi connectivity index (χ3n) is 3.87. The Kier molecular flexibility index (Phi) is 4.93. The minimum atomic E-state index is -0.447. The van der Waals surface area contributed by atoms with Gasteiger partial charge in [-0.05, 0) is 59.2 Å². The monoisotopic (exact) mass is 293 g/mol. The van der Waals surface area contributed by atoms with E-state index in [1.807, 2.05) is 33.0 Å². The van der Waals surface area contributed by atoms with Crippen LogP contribution in [0.25, 0.3) is 0 Å². The molecule has 2 N–H and O–H groups in total. The molecule has 1 aromatic rings. The van der Waals surface area contributed by atoms with Gasteiger partial charge in [0.1, 0.15) is 5.60 Å². The van der Waals surface area contributed by atoms with Gasteiger partial charge in [-0.25, -0.2) is 4.79 Å². The Morgan fingerprint density at radius 2 is 2.33 bits per heavy atom. The molecule has 2 unspecified atom stereocenters. The molecular formula is C16H27N3O2. The van der Waals surface area contributed by atoms with Crippen LogP contribution in [-0.4, -0.2) is 40.7 Å². The van der Waals surface area contributed by atoms with Gasteiger partial charge < -0.3 is 15.0 Å². The lowest BCUT2D eigenvalue weighted by molar-refractivity contribution is 0.0507. The normalized spacial score (nSPS) is 21.2. The highest BCUT2D eigenvalue weighted by atomic mass is 16.6. The van der Waals surface area contributed by atoms with Crippen LogP contribution >= 0.6 is 0 Å². The quantitative estimate of drug-likeness (QED) is 0.897. The zero-order valence-electron chi connectivity index (χ0n) is 13.5. The second kappa shape index (κ2) is 6.52. The van der Waals surface area contributed by atoms with E-state index in [0.717, 1.165) is 13.0 Å². The minimum Gasteiger partial charge on any atom is -0.444 e. The molecule has 0 bridgehead atoms. The van der Waals surface area contributed by atoms with Crippen molar-refractivity contribution >= 4 is 6.09 Å². The van der Waals surface area contributed by atoms with Crippen LogP contribution in [0, 0.1) is 0 Å². The van der Waals surface area contributed by atoms with Crippen LogP contribution < -0.4 is 5.32 Å². The van der Waals surface area contributed by atoms with Crippen molar-refractivity contribution in [2.24, 2.45) is 0 Å². The van der Waals surface area contributed by atoms with E-state index >= 15 is 0 Å². The number of carbonyl (C=O) groups excluding carboxylic acids is 1. The Labute approximate surface area is 127 Å². The van der Waals surface area contributed by atoms with Crippen LogP contribution in [0.15, 0.2) is 18.3 Å². The largest absolute Gasteiger partial charge is 0.444 e. The van der Waals surface area contributed by atoms with E-state index in [4.69, 9.17) is 4.74 Å². The molecule has 1 saturated heterocycles. The summed E-state index contributed by atoms with van der Waals surface area (Å²) in [6.07, 6.45) is 3.91. The number of likely N-dealkylation sites (tertiary alicyclic amines) is 1. The first-order valence-electron chi connectivity index (χ1n) is 7.73. The average molecular weight is 293 g/mol. The van der Waals surface area contributed by atoms with Crippen LogP contribution in [0.3, 0.4) is 0 Å². The number of aromatic amines is 1. The smallest absolute Gasteiger partial charge is 0.407 e. The van der Waals surface area contributed by atoms with Crippen LogP contribution in [0.2, 0.25) is 0 Å². The summed E-state index contributed by atoms with van der Waals surface area (Å²) in [5.41, 5.74) is 0.774. The molecule has 1 amide bonds. The zero-order valence-corrected chi connectivity index (χ0v) is 13.5. The summed E-state index contributed by atoms with van der Waals surface area (Å²) in [5.74, 6) is 0. The van der Waals surface area contributed by atoms with Gasteiger partial charge in [-0.15, -0.1) is 0 Å². The molecule has 2 rings (SSSR count). The summed E-state index contributed by atoms with van der Waals surface area (Å²) in [4.78, 5) is 17.5. The van der Waals surface area contributed by atoms with Crippen LogP contribution in [-0.2, 0) is 4.74 Å². The molecule has 1 aliphatic heterocycles. The summed E-state index contributed by atoms with van der Waals surface area (Å²) in [5, 5.41) is 2.90. The van der Waals surface area contributed by atoms with Crippen molar-refractivity contribution in [1.82, 2.24) is 15.2 Å². The molecule has 0 radical (unpaired) electrons. The number of aromatic nitrogens is 1. The molecule has 0 aliphatic carbocycles. The fraction of sp³-hybridized carbons (Fsp3) is 0.688. The van der Waals surface area contributed by atoms with E-state index in [0.29, 0.717) is 18.6 Å². The van der Waals surface area contributed by atoms with Crippen molar-refractivity contribution in [2.45, 2.75) is 58.2 Å². The molecule has 0 saturated carbocycles. The molecule has 0 spiro atoms. The number of ether oxygens (including phenoxy) is 1. The third-order valence-corrected chi connectivity index (χ3v) is 3.87. The Hall–Kier alpha value is -1.49. The summed E-state index contributed by atoms with van der Waals surface area (Å²) >= 11 is 0.